The minimum absolute atomic E-state index is 0.0159. The highest BCUT2D eigenvalue weighted by molar-refractivity contribution is 8.18. The summed E-state index contributed by atoms with van der Waals surface area (Å²) in [6.45, 7) is 3.99. The number of non-ortho nitro benzene ring substituents is 1. The van der Waals surface area contributed by atoms with Crippen molar-refractivity contribution in [3.63, 3.8) is 0 Å². The van der Waals surface area contributed by atoms with Crippen molar-refractivity contribution in [3.8, 4) is 5.75 Å². The average molecular weight is 463 g/mol. The monoisotopic (exact) mass is 462 g/mol. The van der Waals surface area contributed by atoms with Crippen LogP contribution in [-0.2, 0) is 11.4 Å². The lowest BCUT2D eigenvalue weighted by atomic mass is 10.0. The molecule has 0 bridgehead atoms. The zero-order valence-corrected chi connectivity index (χ0v) is 19.0. The van der Waals surface area contributed by atoms with Gasteiger partial charge in [-0.1, -0.05) is 37.3 Å². The maximum atomic E-state index is 13.0. The molecule has 0 unspecified atom stereocenters. The summed E-state index contributed by atoms with van der Waals surface area (Å²) in [6.07, 6.45) is 2.41. The van der Waals surface area contributed by atoms with Crippen molar-refractivity contribution in [2.75, 3.05) is 0 Å². The van der Waals surface area contributed by atoms with E-state index < -0.39 is 4.92 Å². The first kappa shape index (κ1) is 22.5. The van der Waals surface area contributed by atoms with Gasteiger partial charge in [0.25, 0.3) is 16.8 Å². The molecule has 0 spiro atoms. The van der Waals surface area contributed by atoms with Crippen LogP contribution in [0.25, 0.3) is 16.8 Å². The van der Waals surface area contributed by atoms with E-state index in [-0.39, 0.29) is 29.5 Å². The predicted molar refractivity (Wildman–Crippen MR) is 129 cm³/mol. The van der Waals surface area contributed by atoms with Crippen LogP contribution < -0.4 is 4.74 Å². The number of nitro groups is 1. The summed E-state index contributed by atoms with van der Waals surface area (Å²) in [6, 6.07) is 17.5. The molecule has 1 atom stereocenters. The molecule has 2 amide bonds. The Kier molecular flexibility index (Phi) is 6.46. The van der Waals surface area contributed by atoms with Gasteiger partial charge in [-0.2, -0.15) is 0 Å². The van der Waals surface area contributed by atoms with Gasteiger partial charge in [0.15, 0.2) is 0 Å². The standard InChI is InChI=1S/C25H22N2O5S/c1-3-16(2)26-24(28)23(33-25(26)29)14-21-20-7-5-4-6-18(20)10-13-22(21)32-15-17-8-11-19(12-9-17)27(30)31/h4-14,16H,3,15H2,1-2H3/b23-14+/t16-/m1/s1. The lowest BCUT2D eigenvalue weighted by molar-refractivity contribution is -0.384. The van der Waals surface area contributed by atoms with Crippen molar-refractivity contribution in [2.45, 2.75) is 32.9 Å². The normalized spacial score (nSPS) is 15.9. The van der Waals surface area contributed by atoms with Gasteiger partial charge in [0.1, 0.15) is 12.4 Å². The molecule has 1 fully saturated rings. The van der Waals surface area contributed by atoms with Crippen LogP contribution in [0.5, 0.6) is 5.75 Å². The number of thioether (sulfide) groups is 1. The summed E-state index contributed by atoms with van der Waals surface area (Å²) < 4.78 is 6.07. The number of rotatable bonds is 7. The van der Waals surface area contributed by atoms with E-state index in [1.165, 1.54) is 17.0 Å². The number of benzene rings is 3. The molecule has 3 aromatic rings. The number of nitro benzene ring substituents is 1. The first-order valence-electron chi connectivity index (χ1n) is 10.5. The highest BCUT2D eigenvalue weighted by Crippen LogP contribution is 2.38. The van der Waals surface area contributed by atoms with E-state index in [1.807, 2.05) is 50.2 Å². The van der Waals surface area contributed by atoms with Crippen molar-refractivity contribution < 1.29 is 19.2 Å². The maximum Gasteiger partial charge on any atom is 0.293 e. The van der Waals surface area contributed by atoms with E-state index in [9.17, 15) is 19.7 Å². The van der Waals surface area contributed by atoms with Crippen molar-refractivity contribution in [3.05, 3.63) is 86.8 Å². The lowest BCUT2D eigenvalue weighted by Crippen LogP contribution is -2.36. The molecule has 0 aliphatic carbocycles. The molecule has 0 aromatic heterocycles. The topological polar surface area (TPSA) is 89.8 Å². The minimum Gasteiger partial charge on any atom is -0.488 e. The van der Waals surface area contributed by atoms with Crippen LogP contribution in [0, 0.1) is 10.1 Å². The summed E-state index contributed by atoms with van der Waals surface area (Å²) in [5, 5.41) is 12.5. The summed E-state index contributed by atoms with van der Waals surface area (Å²) in [4.78, 5) is 37.5. The average Bonchev–Trinajstić information content (AvgIpc) is 3.10. The molecule has 1 saturated heterocycles. The molecule has 8 heteroatoms. The Balaban J connectivity index is 1.69. The number of hydrogen-bond donors (Lipinski definition) is 0. The van der Waals surface area contributed by atoms with E-state index in [4.69, 9.17) is 4.74 Å². The highest BCUT2D eigenvalue weighted by Gasteiger charge is 2.37. The Morgan fingerprint density at radius 3 is 2.52 bits per heavy atom. The summed E-state index contributed by atoms with van der Waals surface area (Å²) in [5.41, 5.74) is 1.50. The fourth-order valence-electron chi connectivity index (χ4n) is 3.60. The molecule has 1 heterocycles. The van der Waals surface area contributed by atoms with Gasteiger partial charge in [-0.3, -0.25) is 24.6 Å². The first-order valence-corrected chi connectivity index (χ1v) is 11.4. The number of ether oxygens (including phenoxy) is 1. The van der Waals surface area contributed by atoms with Crippen molar-refractivity contribution in [2.24, 2.45) is 0 Å². The molecule has 0 saturated carbocycles. The van der Waals surface area contributed by atoms with Crippen LogP contribution in [0.15, 0.2) is 65.6 Å². The molecule has 33 heavy (non-hydrogen) atoms. The number of carbonyl (C=O) groups is 2. The third-order valence-electron chi connectivity index (χ3n) is 5.60. The van der Waals surface area contributed by atoms with Crippen molar-refractivity contribution in [1.82, 2.24) is 4.90 Å². The molecular formula is C25H22N2O5S. The van der Waals surface area contributed by atoms with E-state index >= 15 is 0 Å². The summed E-state index contributed by atoms with van der Waals surface area (Å²) >= 11 is 0.935. The van der Waals surface area contributed by atoms with Crippen LogP contribution in [0.3, 0.4) is 0 Å². The van der Waals surface area contributed by atoms with Gasteiger partial charge in [-0.15, -0.1) is 0 Å². The zero-order valence-electron chi connectivity index (χ0n) is 18.2. The number of carbonyl (C=O) groups excluding carboxylic acids is 2. The van der Waals surface area contributed by atoms with E-state index in [0.717, 1.165) is 28.1 Å². The molecule has 7 nitrogen and oxygen atoms in total. The second-order valence-electron chi connectivity index (χ2n) is 7.72. The smallest absolute Gasteiger partial charge is 0.293 e. The lowest BCUT2D eigenvalue weighted by Gasteiger charge is -2.19. The molecule has 1 aliphatic heterocycles. The molecular weight excluding hydrogens is 440 g/mol. The molecule has 1 aliphatic rings. The Bertz CT molecular complexity index is 1270. The second-order valence-corrected chi connectivity index (χ2v) is 8.71. The van der Waals surface area contributed by atoms with Gasteiger partial charge < -0.3 is 4.74 Å². The van der Waals surface area contributed by atoms with Gasteiger partial charge in [0.05, 0.1) is 9.83 Å². The largest absolute Gasteiger partial charge is 0.488 e. The molecule has 3 aromatic carbocycles. The fourth-order valence-corrected chi connectivity index (χ4v) is 4.51. The highest BCUT2D eigenvalue weighted by atomic mass is 32.2. The first-order chi connectivity index (χ1) is 15.9. The number of hydrogen-bond acceptors (Lipinski definition) is 6. The molecule has 168 valence electrons. The van der Waals surface area contributed by atoms with Gasteiger partial charge >= 0.3 is 0 Å². The Labute approximate surface area is 195 Å². The summed E-state index contributed by atoms with van der Waals surface area (Å²) in [5.74, 6) is 0.260. The van der Waals surface area contributed by atoms with Gasteiger partial charge in [-0.25, -0.2) is 0 Å². The zero-order chi connectivity index (χ0) is 23.5. The van der Waals surface area contributed by atoms with E-state index in [1.54, 1.807) is 18.2 Å². The maximum absolute atomic E-state index is 13.0. The number of imide groups is 1. The molecule has 0 N–H and O–H groups in total. The van der Waals surface area contributed by atoms with Crippen LogP contribution in [-0.4, -0.2) is 27.0 Å². The Morgan fingerprint density at radius 1 is 1.09 bits per heavy atom. The number of fused-ring (bicyclic) bond motifs is 1. The Hall–Kier alpha value is -3.65. The van der Waals surface area contributed by atoms with E-state index in [2.05, 4.69) is 0 Å². The molecule has 4 rings (SSSR count). The van der Waals surface area contributed by atoms with Crippen LogP contribution in [0.4, 0.5) is 10.5 Å². The predicted octanol–water partition coefficient (Wildman–Crippen LogP) is 6.16. The Morgan fingerprint density at radius 2 is 1.82 bits per heavy atom. The van der Waals surface area contributed by atoms with E-state index in [0.29, 0.717) is 22.6 Å². The molecule has 0 radical (unpaired) electrons. The van der Waals surface area contributed by atoms with Crippen LogP contribution in [0.2, 0.25) is 0 Å². The van der Waals surface area contributed by atoms with Crippen molar-refractivity contribution in [1.29, 1.82) is 0 Å². The van der Waals surface area contributed by atoms with Gasteiger partial charge in [-0.05, 0) is 65.7 Å². The number of nitrogens with zero attached hydrogens (tertiary/aromatic N) is 2. The summed E-state index contributed by atoms with van der Waals surface area (Å²) in [7, 11) is 0. The van der Waals surface area contributed by atoms with Gasteiger partial charge in [0.2, 0.25) is 0 Å². The third kappa shape index (κ3) is 4.61. The van der Waals surface area contributed by atoms with Crippen LogP contribution >= 0.6 is 11.8 Å². The fraction of sp³-hybridized carbons (Fsp3) is 0.200. The van der Waals surface area contributed by atoms with Crippen molar-refractivity contribution >= 4 is 45.4 Å². The number of amides is 2. The minimum atomic E-state index is -0.446. The third-order valence-corrected chi connectivity index (χ3v) is 6.49. The van der Waals surface area contributed by atoms with Gasteiger partial charge in [0, 0.05) is 23.7 Å². The second kappa shape index (κ2) is 9.46. The van der Waals surface area contributed by atoms with Crippen LogP contribution in [0.1, 0.15) is 31.4 Å². The SMILES string of the molecule is CC[C@@H](C)N1C(=O)S/C(=C/c2c(OCc3ccc([N+](=O)[O-])cc3)ccc3ccccc23)C1=O. The quantitative estimate of drug-likeness (QED) is 0.237.